The zero-order valence-electron chi connectivity index (χ0n) is 11.3. The van der Waals surface area contributed by atoms with Gasteiger partial charge >= 0.3 is 0 Å². The Labute approximate surface area is 123 Å². The van der Waals surface area contributed by atoms with E-state index >= 15 is 0 Å². The highest BCUT2D eigenvalue weighted by Crippen LogP contribution is 2.24. The van der Waals surface area contributed by atoms with Crippen LogP contribution >= 0.6 is 11.6 Å². The van der Waals surface area contributed by atoms with Crippen LogP contribution in [0.4, 0.5) is 0 Å². The fourth-order valence-electron chi connectivity index (χ4n) is 2.39. The van der Waals surface area contributed by atoms with Crippen molar-refractivity contribution in [3.63, 3.8) is 0 Å². The van der Waals surface area contributed by atoms with Crippen LogP contribution in [0.25, 0.3) is 11.0 Å². The summed E-state index contributed by atoms with van der Waals surface area (Å²) in [5.41, 5.74) is 9.22. The van der Waals surface area contributed by atoms with Crippen LogP contribution in [0.2, 0.25) is 5.02 Å². The van der Waals surface area contributed by atoms with Gasteiger partial charge < -0.3 is 10.3 Å². The lowest BCUT2D eigenvalue weighted by molar-refractivity contribution is 0.664. The van der Waals surface area contributed by atoms with Crippen molar-refractivity contribution in [3.8, 4) is 0 Å². The maximum atomic E-state index is 6.11. The van der Waals surface area contributed by atoms with Crippen LogP contribution in [0.1, 0.15) is 24.4 Å². The monoisotopic (exact) mass is 285 g/mol. The van der Waals surface area contributed by atoms with Crippen LogP contribution in [0, 0.1) is 0 Å². The number of benzene rings is 2. The Morgan fingerprint density at radius 3 is 2.65 bits per heavy atom. The fourth-order valence-corrected chi connectivity index (χ4v) is 2.56. The Balaban J connectivity index is 2.15. The van der Waals surface area contributed by atoms with Gasteiger partial charge in [0, 0.05) is 11.6 Å². The predicted molar refractivity (Wildman–Crippen MR) is 82.9 cm³/mol. The molecule has 0 aliphatic rings. The number of nitrogens with two attached hydrogens (primary N) is 1. The quantitative estimate of drug-likeness (QED) is 0.796. The first-order chi connectivity index (χ1) is 9.65. The van der Waals surface area contributed by atoms with Gasteiger partial charge in [-0.15, -0.1) is 0 Å². The van der Waals surface area contributed by atoms with Crippen LogP contribution in [-0.2, 0) is 6.54 Å². The molecule has 102 valence electrons. The standard InChI is InChI=1S/C16H16ClN3/c1-11(18)16-19-14-8-7-13(17)9-15(14)20(16)10-12-5-3-2-4-6-12/h2-9,11H,10,18H2,1H3. The van der Waals surface area contributed by atoms with Gasteiger partial charge in [0.25, 0.3) is 0 Å². The second kappa shape index (κ2) is 5.27. The highest BCUT2D eigenvalue weighted by atomic mass is 35.5. The highest BCUT2D eigenvalue weighted by Gasteiger charge is 2.14. The van der Waals surface area contributed by atoms with Crippen molar-refractivity contribution in [1.29, 1.82) is 0 Å². The lowest BCUT2D eigenvalue weighted by atomic mass is 10.2. The van der Waals surface area contributed by atoms with E-state index < -0.39 is 0 Å². The molecule has 2 N–H and O–H groups in total. The van der Waals surface area contributed by atoms with Crippen molar-refractivity contribution in [2.45, 2.75) is 19.5 Å². The molecule has 0 bridgehead atoms. The molecule has 4 heteroatoms. The Hall–Kier alpha value is -1.84. The number of rotatable bonds is 3. The smallest absolute Gasteiger partial charge is 0.126 e. The normalized spacial score (nSPS) is 12.8. The van der Waals surface area contributed by atoms with E-state index in [1.54, 1.807) is 0 Å². The third-order valence-corrected chi connectivity index (χ3v) is 3.57. The first-order valence-corrected chi connectivity index (χ1v) is 6.98. The molecule has 3 aromatic rings. The van der Waals surface area contributed by atoms with Crippen LogP contribution in [0.5, 0.6) is 0 Å². The van der Waals surface area contributed by atoms with Crippen LogP contribution in [-0.4, -0.2) is 9.55 Å². The van der Waals surface area contributed by atoms with Crippen molar-refractivity contribution in [1.82, 2.24) is 9.55 Å². The van der Waals surface area contributed by atoms with Crippen LogP contribution in [0.15, 0.2) is 48.5 Å². The van der Waals surface area contributed by atoms with Crippen LogP contribution < -0.4 is 5.73 Å². The minimum Gasteiger partial charge on any atom is -0.322 e. The SMILES string of the molecule is CC(N)c1nc2ccc(Cl)cc2n1Cc1ccccc1. The molecular weight excluding hydrogens is 270 g/mol. The molecule has 1 heterocycles. The molecule has 1 unspecified atom stereocenters. The molecule has 2 aromatic carbocycles. The second-order valence-corrected chi connectivity index (χ2v) is 5.40. The van der Waals surface area contributed by atoms with Gasteiger partial charge in [-0.1, -0.05) is 41.9 Å². The minimum absolute atomic E-state index is 0.120. The van der Waals surface area contributed by atoms with Gasteiger partial charge in [-0.05, 0) is 30.7 Å². The summed E-state index contributed by atoms with van der Waals surface area (Å²) in [6.07, 6.45) is 0. The average Bonchev–Trinajstić information content (AvgIpc) is 2.78. The summed E-state index contributed by atoms with van der Waals surface area (Å²) >= 11 is 6.11. The molecule has 20 heavy (non-hydrogen) atoms. The number of hydrogen-bond donors (Lipinski definition) is 1. The summed E-state index contributed by atoms with van der Waals surface area (Å²) < 4.78 is 2.14. The third kappa shape index (κ3) is 2.42. The number of halogens is 1. The topological polar surface area (TPSA) is 43.8 Å². The zero-order chi connectivity index (χ0) is 14.1. The van der Waals surface area contributed by atoms with E-state index in [0.29, 0.717) is 5.02 Å². The predicted octanol–water partition coefficient (Wildman–Crippen LogP) is 3.76. The lowest BCUT2D eigenvalue weighted by Gasteiger charge is -2.11. The fraction of sp³-hybridized carbons (Fsp3) is 0.188. The first-order valence-electron chi connectivity index (χ1n) is 6.60. The van der Waals surface area contributed by atoms with Gasteiger partial charge in [0.15, 0.2) is 0 Å². The Morgan fingerprint density at radius 2 is 1.95 bits per heavy atom. The van der Waals surface area contributed by atoms with Crippen molar-refractivity contribution < 1.29 is 0 Å². The van der Waals surface area contributed by atoms with Gasteiger partial charge in [0.2, 0.25) is 0 Å². The molecule has 0 aliphatic carbocycles. The second-order valence-electron chi connectivity index (χ2n) is 4.96. The molecule has 1 atom stereocenters. The van der Waals surface area contributed by atoms with E-state index in [2.05, 4.69) is 21.7 Å². The molecule has 0 fully saturated rings. The number of hydrogen-bond acceptors (Lipinski definition) is 2. The van der Waals surface area contributed by atoms with Gasteiger partial charge in [-0.2, -0.15) is 0 Å². The number of fused-ring (bicyclic) bond motifs is 1. The van der Waals surface area contributed by atoms with Crippen molar-refractivity contribution in [3.05, 3.63) is 64.9 Å². The van der Waals surface area contributed by atoms with E-state index in [9.17, 15) is 0 Å². The third-order valence-electron chi connectivity index (χ3n) is 3.33. The molecular formula is C16H16ClN3. The van der Waals surface area contributed by atoms with E-state index in [1.807, 2.05) is 43.3 Å². The maximum Gasteiger partial charge on any atom is 0.126 e. The molecule has 0 saturated carbocycles. The molecule has 0 saturated heterocycles. The van der Waals surface area contributed by atoms with Crippen molar-refractivity contribution >= 4 is 22.6 Å². The Kier molecular flexibility index (Phi) is 3.47. The van der Waals surface area contributed by atoms with Gasteiger partial charge in [-0.25, -0.2) is 4.98 Å². The summed E-state index contributed by atoms with van der Waals surface area (Å²) in [4.78, 5) is 4.63. The van der Waals surface area contributed by atoms with E-state index in [4.69, 9.17) is 17.3 Å². The van der Waals surface area contributed by atoms with Gasteiger partial charge in [-0.3, -0.25) is 0 Å². The van der Waals surface area contributed by atoms with Gasteiger partial charge in [0.1, 0.15) is 5.82 Å². The summed E-state index contributed by atoms with van der Waals surface area (Å²) in [6.45, 7) is 2.69. The number of aromatic nitrogens is 2. The number of imidazole rings is 1. The molecule has 1 aromatic heterocycles. The average molecular weight is 286 g/mol. The lowest BCUT2D eigenvalue weighted by Crippen LogP contribution is -2.14. The first kappa shape index (κ1) is 13.2. The van der Waals surface area contributed by atoms with E-state index in [-0.39, 0.29) is 6.04 Å². The summed E-state index contributed by atoms with van der Waals surface area (Å²) in [5, 5.41) is 0.711. The molecule has 0 aliphatic heterocycles. The molecule has 0 radical (unpaired) electrons. The summed E-state index contributed by atoms with van der Waals surface area (Å²) in [5.74, 6) is 0.881. The summed E-state index contributed by atoms with van der Waals surface area (Å²) in [6, 6.07) is 15.9. The zero-order valence-corrected chi connectivity index (χ0v) is 12.0. The molecule has 0 amide bonds. The van der Waals surface area contributed by atoms with Crippen molar-refractivity contribution in [2.24, 2.45) is 5.73 Å². The molecule has 3 nitrogen and oxygen atoms in total. The van der Waals surface area contributed by atoms with Crippen LogP contribution in [0.3, 0.4) is 0 Å². The van der Waals surface area contributed by atoms with Crippen molar-refractivity contribution in [2.75, 3.05) is 0 Å². The Morgan fingerprint density at radius 1 is 1.20 bits per heavy atom. The maximum absolute atomic E-state index is 6.11. The largest absolute Gasteiger partial charge is 0.322 e. The van der Waals surface area contributed by atoms with E-state index in [1.165, 1.54) is 5.56 Å². The minimum atomic E-state index is -0.120. The van der Waals surface area contributed by atoms with Gasteiger partial charge in [0.05, 0.1) is 17.1 Å². The highest BCUT2D eigenvalue weighted by molar-refractivity contribution is 6.31. The summed E-state index contributed by atoms with van der Waals surface area (Å²) in [7, 11) is 0. The van der Waals surface area contributed by atoms with E-state index in [0.717, 1.165) is 23.4 Å². The molecule has 0 spiro atoms. The number of nitrogens with zero attached hydrogens (tertiary/aromatic N) is 2. The Bertz CT molecular complexity index is 732. The molecule has 3 rings (SSSR count).